The van der Waals surface area contributed by atoms with Crippen LogP contribution in [0.3, 0.4) is 0 Å². The minimum atomic E-state index is -3.37. The molecule has 4 rings (SSSR count). The maximum atomic E-state index is 12.8. The van der Waals surface area contributed by atoms with Crippen LogP contribution in [0.4, 0.5) is 11.4 Å². The Kier molecular flexibility index (Phi) is 5.83. The highest BCUT2D eigenvalue weighted by molar-refractivity contribution is 7.93. The molecule has 0 atom stereocenters. The van der Waals surface area contributed by atoms with E-state index < -0.39 is 10.0 Å². The third kappa shape index (κ3) is 4.59. The first-order valence-electron chi connectivity index (χ1n) is 10.1. The van der Waals surface area contributed by atoms with Gasteiger partial charge in [-0.2, -0.15) is 0 Å². The summed E-state index contributed by atoms with van der Waals surface area (Å²) in [5.74, 6) is 0.0293. The predicted octanol–water partition coefficient (Wildman–Crippen LogP) is 4.55. The number of benzene rings is 2. The standard InChI is InChI=1S/C22H25ClN2O3S/c23-18-8-6-16(7-9-18)14-22(26)25-13-12-17-15-19(10-11-21(17)25)24-29(27,28)20-4-2-1-3-5-20/h6-11,15,20,24H,1-5,12-14H2. The van der Waals surface area contributed by atoms with Crippen LogP contribution in [-0.2, 0) is 27.7 Å². The van der Waals surface area contributed by atoms with Gasteiger partial charge in [0.05, 0.1) is 11.7 Å². The Bertz CT molecular complexity index is 999. The molecule has 0 spiro atoms. The molecule has 29 heavy (non-hydrogen) atoms. The minimum absolute atomic E-state index is 0.0293. The largest absolute Gasteiger partial charge is 0.312 e. The van der Waals surface area contributed by atoms with Crippen molar-refractivity contribution in [2.24, 2.45) is 0 Å². The van der Waals surface area contributed by atoms with Crippen LogP contribution in [0.1, 0.15) is 43.2 Å². The van der Waals surface area contributed by atoms with Crippen LogP contribution in [0.25, 0.3) is 0 Å². The maximum Gasteiger partial charge on any atom is 0.235 e. The summed E-state index contributed by atoms with van der Waals surface area (Å²) in [4.78, 5) is 14.5. The summed E-state index contributed by atoms with van der Waals surface area (Å²) >= 11 is 5.91. The number of carbonyl (C=O) groups is 1. The molecule has 0 saturated heterocycles. The zero-order valence-corrected chi connectivity index (χ0v) is 17.8. The van der Waals surface area contributed by atoms with Crippen LogP contribution in [-0.4, -0.2) is 26.1 Å². The number of amides is 1. The van der Waals surface area contributed by atoms with E-state index in [2.05, 4.69) is 4.72 Å². The fourth-order valence-corrected chi connectivity index (χ4v) is 5.92. The summed E-state index contributed by atoms with van der Waals surface area (Å²) in [6.45, 7) is 0.612. The van der Waals surface area contributed by atoms with E-state index in [0.717, 1.165) is 55.3 Å². The fourth-order valence-electron chi connectivity index (χ4n) is 4.22. The van der Waals surface area contributed by atoms with E-state index in [1.165, 1.54) is 0 Å². The molecule has 0 unspecified atom stereocenters. The van der Waals surface area contributed by atoms with Crippen LogP contribution in [0, 0.1) is 0 Å². The predicted molar refractivity (Wildman–Crippen MR) is 117 cm³/mol. The molecule has 2 aromatic carbocycles. The van der Waals surface area contributed by atoms with Crippen molar-refractivity contribution >= 4 is 38.9 Å². The molecule has 1 amide bonds. The van der Waals surface area contributed by atoms with Crippen molar-refractivity contribution in [2.45, 2.75) is 50.2 Å². The first-order chi connectivity index (χ1) is 13.9. The molecule has 1 aliphatic carbocycles. The number of hydrogen-bond acceptors (Lipinski definition) is 3. The second-order valence-electron chi connectivity index (χ2n) is 7.85. The zero-order chi connectivity index (χ0) is 20.4. The van der Waals surface area contributed by atoms with E-state index in [-0.39, 0.29) is 11.2 Å². The topological polar surface area (TPSA) is 66.5 Å². The molecule has 0 bridgehead atoms. The number of rotatable bonds is 5. The smallest absolute Gasteiger partial charge is 0.235 e. The van der Waals surface area contributed by atoms with Crippen LogP contribution in [0.2, 0.25) is 5.02 Å². The quantitative estimate of drug-likeness (QED) is 0.753. The Morgan fingerprint density at radius 1 is 1.07 bits per heavy atom. The lowest BCUT2D eigenvalue weighted by Gasteiger charge is -2.23. The van der Waals surface area contributed by atoms with Crippen molar-refractivity contribution in [1.29, 1.82) is 0 Å². The van der Waals surface area contributed by atoms with Gasteiger partial charge in [0.2, 0.25) is 15.9 Å². The number of carbonyl (C=O) groups excluding carboxylic acids is 1. The highest BCUT2D eigenvalue weighted by Crippen LogP contribution is 2.32. The summed E-state index contributed by atoms with van der Waals surface area (Å²) in [5.41, 5.74) is 3.37. The number of nitrogens with one attached hydrogen (secondary N) is 1. The molecule has 2 aromatic rings. The number of halogens is 1. The average Bonchev–Trinajstić information content (AvgIpc) is 3.13. The summed E-state index contributed by atoms with van der Waals surface area (Å²) in [6, 6.07) is 12.8. The monoisotopic (exact) mass is 432 g/mol. The average molecular weight is 433 g/mol. The second-order valence-corrected chi connectivity index (χ2v) is 10.2. The Hall–Kier alpha value is -2.05. The molecule has 1 N–H and O–H groups in total. The Morgan fingerprint density at radius 3 is 2.52 bits per heavy atom. The number of anilines is 2. The molecule has 1 heterocycles. The van der Waals surface area contributed by atoms with E-state index >= 15 is 0 Å². The van der Waals surface area contributed by atoms with Gasteiger partial charge in [0.25, 0.3) is 0 Å². The van der Waals surface area contributed by atoms with Crippen molar-refractivity contribution in [3.8, 4) is 0 Å². The van der Waals surface area contributed by atoms with Gasteiger partial charge in [-0.05, 0) is 60.7 Å². The maximum absolute atomic E-state index is 12.8. The Morgan fingerprint density at radius 2 is 1.79 bits per heavy atom. The van der Waals surface area contributed by atoms with E-state index in [0.29, 0.717) is 23.7 Å². The molecule has 2 aliphatic rings. The number of fused-ring (bicyclic) bond motifs is 1. The SMILES string of the molecule is O=C(Cc1ccc(Cl)cc1)N1CCc2cc(NS(=O)(=O)C3CCCCC3)ccc21. The fraction of sp³-hybridized carbons (Fsp3) is 0.409. The number of nitrogens with zero attached hydrogens (tertiary/aromatic N) is 1. The van der Waals surface area contributed by atoms with Crippen LogP contribution in [0.5, 0.6) is 0 Å². The second kappa shape index (κ2) is 8.36. The van der Waals surface area contributed by atoms with E-state index in [9.17, 15) is 13.2 Å². The lowest BCUT2D eigenvalue weighted by Crippen LogP contribution is -2.30. The molecule has 0 aromatic heterocycles. The molecule has 0 radical (unpaired) electrons. The van der Waals surface area contributed by atoms with Gasteiger partial charge in [-0.15, -0.1) is 0 Å². The first kappa shape index (κ1) is 20.2. The van der Waals surface area contributed by atoms with Gasteiger partial charge < -0.3 is 4.90 Å². The van der Waals surface area contributed by atoms with E-state index in [1.54, 1.807) is 23.1 Å². The normalized spacial score (nSPS) is 17.2. The summed E-state index contributed by atoms with van der Waals surface area (Å²) in [7, 11) is -3.37. The van der Waals surface area contributed by atoms with Crippen molar-refractivity contribution in [1.82, 2.24) is 0 Å². The van der Waals surface area contributed by atoms with E-state index in [1.807, 2.05) is 24.3 Å². The molecule has 1 saturated carbocycles. The molecular weight excluding hydrogens is 408 g/mol. The molecule has 1 fully saturated rings. The van der Waals surface area contributed by atoms with Gasteiger partial charge in [-0.3, -0.25) is 9.52 Å². The lowest BCUT2D eigenvalue weighted by molar-refractivity contribution is -0.117. The van der Waals surface area contributed by atoms with Gasteiger partial charge in [0.1, 0.15) is 0 Å². The number of sulfonamides is 1. The summed E-state index contributed by atoms with van der Waals surface area (Å²) in [5, 5.41) is 0.345. The van der Waals surface area contributed by atoms with Gasteiger partial charge in [0.15, 0.2) is 0 Å². The number of hydrogen-bond donors (Lipinski definition) is 1. The third-order valence-corrected chi connectivity index (χ3v) is 7.92. The van der Waals surface area contributed by atoms with Crippen LogP contribution in [0.15, 0.2) is 42.5 Å². The van der Waals surface area contributed by atoms with Gasteiger partial charge >= 0.3 is 0 Å². The molecule has 154 valence electrons. The summed E-state index contributed by atoms with van der Waals surface area (Å²) in [6.07, 6.45) is 5.56. The summed E-state index contributed by atoms with van der Waals surface area (Å²) < 4.78 is 28.1. The van der Waals surface area contributed by atoms with E-state index in [4.69, 9.17) is 11.6 Å². The van der Waals surface area contributed by atoms with Crippen molar-refractivity contribution in [3.05, 3.63) is 58.6 Å². The molecule has 7 heteroatoms. The minimum Gasteiger partial charge on any atom is -0.312 e. The lowest BCUT2D eigenvalue weighted by atomic mass is 10.0. The third-order valence-electron chi connectivity index (χ3n) is 5.80. The van der Waals surface area contributed by atoms with Crippen molar-refractivity contribution < 1.29 is 13.2 Å². The Balaban J connectivity index is 1.46. The van der Waals surface area contributed by atoms with Crippen LogP contribution < -0.4 is 9.62 Å². The molecule has 1 aliphatic heterocycles. The highest BCUT2D eigenvalue weighted by atomic mass is 35.5. The van der Waals surface area contributed by atoms with Gasteiger partial charge in [0, 0.05) is 22.9 Å². The van der Waals surface area contributed by atoms with Gasteiger partial charge in [-0.25, -0.2) is 8.42 Å². The highest BCUT2D eigenvalue weighted by Gasteiger charge is 2.29. The van der Waals surface area contributed by atoms with Gasteiger partial charge in [-0.1, -0.05) is 43.0 Å². The van der Waals surface area contributed by atoms with Crippen molar-refractivity contribution in [3.63, 3.8) is 0 Å². The van der Waals surface area contributed by atoms with Crippen LogP contribution >= 0.6 is 11.6 Å². The van der Waals surface area contributed by atoms with Crippen molar-refractivity contribution in [2.75, 3.05) is 16.2 Å². The molecular formula is C22H25ClN2O3S. The zero-order valence-electron chi connectivity index (χ0n) is 16.2. The Labute approximate surface area is 177 Å². The molecule has 5 nitrogen and oxygen atoms in total. The first-order valence-corrected chi connectivity index (χ1v) is 12.0.